The molecular formula is C13H25IN4S. The van der Waals surface area contributed by atoms with Crippen LogP contribution in [0.25, 0.3) is 0 Å². The minimum Gasteiger partial charge on any atom is -0.370 e. The minimum atomic E-state index is 0. The van der Waals surface area contributed by atoms with Crippen molar-refractivity contribution in [3.63, 3.8) is 0 Å². The number of nitrogens with two attached hydrogens (primary N) is 1. The highest BCUT2D eigenvalue weighted by Gasteiger charge is 2.01. The number of guanidine groups is 1. The van der Waals surface area contributed by atoms with Crippen LogP contribution in [0.4, 0.5) is 0 Å². The number of nitrogens with zero attached hydrogens (tertiary/aromatic N) is 2. The first kappa shape index (κ1) is 18.7. The Balaban J connectivity index is 0.00000324. The molecule has 0 bridgehead atoms. The van der Waals surface area contributed by atoms with Crippen LogP contribution in [0.1, 0.15) is 18.7 Å². The van der Waals surface area contributed by atoms with Crippen molar-refractivity contribution in [2.75, 3.05) is 26.7 Å². The summed E-state index contributed by atoms with van der Waals surface area (Å²) in [5.74, 6) is 0.545. The molecule has 0 saturated heterocycles. The van der Waals surface area contributed by atoms with Gasteiger partial charge in [-0.2, -0.15) is 0 Å². The molecular weight excluding hydrogens is 371 g/mol. The Morgan fingerprint density at radius 2 is 2.26 bits per heavy atom. The Labute approximate surface area is 137 Å². The molecule has 1 aromatic heterocycles. The largest absolute Gasteiger partial charge is 0.370 e. The van der Waals surface area contributed by atoms with Gasteiger partial charge in [0.05, 0.1) is 6.54 Å². The van der Waals surface area contributed by atoms with E-state index in [0.717, 1.165) is 26.1 Å². The molecule has 1 rings (SSSR count). The minimum absolute atomic E-state index is 0. The lowest BCUT2D eigenvalue weighted by Gasteiger charge is -2.19. The number of hydrogen-bond acceptors (Lipinski definition) is 3. The number of thiophene rings is 1. The molecule has 0 fully saturated rings. The summed E-state index contributed by atoms with van der Waals surface area (Å²) < 4.78 is 0. The maximum atomic E-state index is 5.80. The molecule has 0 spiro atoms. The zero-order chi connectivity index (χ0) is 13.4. The van der Waals surface area contributed by atoms with E-state index in [0.29, 0.717) is 12.0 Å². The SMILES string of the molecule is CC(C)N(C)CCN=C(N)NCCc1cccs1.I. The van der Waals surface area contributed by atoms with Crippen LogP contribution in [-0.4, -0.2) is 43.6 Å². The molecule has 0 aliphatic carbocycles. The summed E-state index contributed by atoms with van der Waals surface area (Å²) in [6, 6.07) is 4.75. The van der Waals surface area contributed by atoms with Crippen molar-refractivity contribution < 1.29 is 0 Å². The molecule has 0 aliphatic rings. The molecule has 3 N–H and O–H groups in total. The van der Waals surface area contributed by atoms with E-state index in [1.807, 2.05) is 0 Å². The molecule has 1 aromatic rings. The molecule has 0 aromatic carbocycles. The van der Waals surface area contributed by atoms with Gasteiger partial charge in [0.25, 0.3) is 0 Å². The summed E-state index contributed by atoms with van der Waals surface area (Å²) >= 11 is 1.77. The van der Waals surface area contributed by atoms with Crippen molar-refractivity contribution in [1.29, 1.82) is 0 Å². The molecule has 0 saturated carbocycles. The van der Waals surface area contributed by atoms with E-state index in [1.165, 1.54) is 4.88 Å². The van der Waals surface area contributed by atoms with Crippen molar-refractivity contribution in [1.82, 2.24) is 10.2 Å². The molecule has 0 radical (unpaired) electrons. The third-order valence-electron chi connectivity index (χ3n) is 2.87. The van der Waals surface area contributed by atoms with Crippen molar-refractivity contribution in [2.24, 2.45) is 10.7 Å². The number of hydrogen-bond donors (Lipinski definition) is 2. The Kier molecular flexibility index (Phi) is 10.3. The second kappa shape index (κ2) is 10.4. The third-order valence-corrected chi connectivity index (χ3v) is 3.81. The van der Waals surface area contributed by atoms with Crippen molar-refractivity contribution in [3.05, 3.63) is 22.4 Å². The fourth-order valence-corrected chi connectivity index (χ4v) is 2.12. The van der Waals surface area contributed by atoms with Crippen LogP contribution in [0.2, 0.25) is 0 Å². The van der Waals surface area contributed by atoms with Crippen LogP contribution >= 0.6 is 35.3 Å². The molecule has 4 nitrogen and oxygen atoms in total. The molecule has 0 amide bonds. The Morgan fingerprint density at radius 3 is 2.84 bits per heavy atom. The van der Waals surface area contributed by atoms with Gasteiger partial charge in [0.1, 0.15) is 0 Å². The Bertz CT molecular complexity index is 352. The highest BCUT2D eigenvalue weighted by atomic mass is 127. The maximum absolute atomic E-state index is 5.80. The van der Waals surface area contributed by atoms with Gasteiger partial charge in [0, 0.05) is 24.0 Å². The van der Waals surface area contributed by atoms with Crippen LogP contribution < -0.4 is 11.1 Å². The van der Waals surface area contributed by atoms with Crippen molar-refractivity contribution >= 4 is 41.3 Å². The topological polar surface area (TPSA) is 53.6 Å². The van der Waals surface area contributed by atoms with Gasteiger partial charge < -0.3 is 16.0 Å². The van der Waals surface area contributed by atoms with Crippen molar-refractivity contribution in [2.45, 2.75) is 26.3 Å². The number of rotatable bonds is 7. The lowest BCUT2D eigenvalue weighted by molar-refractivity contribution is 0.282. The zero-order valence-corrected chi connectivity index (χ0v) is 15.1. The number of likely N-dealkylation sites (N-methyl/N-ethyl adjacent to an activating group) is 1. The Morgan fingerprint density at radius 1 is 1.53 bits per heavy atom. The Hall–Kier alpha value is -0.340. The van der Waals surface area contributed by atoms with Crippen LogP contribution in [-0.2, 0) is 6.42 Å². The van der Waals surface area contributed by atoms with Gasteiger partial charge in [0.2, 0.25) is 0 Å². The summed E-state index contributed by atoms with van der Waals surface area (Å²) in [6.07, 6.45) is 1.000. The first-order chi connectivity index (χ1) is 8.59. The summed E-state index contributed by atoms with van der Waals surface area (Å²) in [6.45, 7) is 6.87. The van der Waals surface area contributed by atoms with Gasteiger partial charge in [-0.15, -0.1) is 35.3 Å². The second-order valence-electron chi connectivity index (χ2n) is 4.60. The second-order valence-corrected chi connectivity index (χ2v) is 5.63. The zero-order valence-electron chi connectivity index (χ0n) is 11.9. The van der Waals surface area contributed by atoms with Crippen molar-refractivity contribution in [3.8, 4) is 0 Å². The average Bonchev–Trinajstić information content (AvgIpc) is 2.81. The first-order valence-electron chi connectivity index (χ1n) is 6.36. The highest BCUT2D eigenvalue weighted by molar-refractivity contribution is 14.0. The number of aliphatic imine (C=N–C) groups is 1. The molecule has 6 heteroatoms. The fraction of sp³-hybridized carbons (Fsp3) is 0.615. The van der Waals surface area contributed by atoms with E-state index in [1.54, 1.807) is 11.3 Å². The van der Waals surface area contributed by atoms with Gasteiger partial charge in [-0.05, 0) is 38.8 Å². The molecule has 110 valence electrons. The standard InChI is InChI=1S/C13H24N4S.HI/c1-11(2)17(3)9-8-16-13(14)15-7-6-12-5-4-10-18-12;/h4-5,10-11H,6-9H2,1-3H3,(H3,14,15,16);1H. The van der Waals surface area contributed by atoms with Gasteiger partial charge in [-0.1, -0.05) is 6.07 Å². The monoisotopic (exact) mass is 396 g/mol. The quantitative estimate of drug-likeness (QED) is 0.422. The molecule has 1 heterocycles. The van der Waals surface area contributed by atoms with E-state index >= 15 is 0 Å². The van der Waals surface area contributed by atoms with Crippen LogP contribution in [0.5, 0.6) is 0 Å². The van der Waals surface area contributed by atoms with Crippen LogP contribution in [0.3, 0.4) is 0 Å². The van der Waals surface area contributed by atoms with E-state index in [9.17, 15) is 0 Å². The third kappa shape index (κ3) is 8.43. The maximum Gasteiger partial charge on any atom is 0.188 e. The van der Waals surface area contributed by atoms with E-state index in [2.05, 4.69) is 53.6 Å². The van der Waals surface area contributed by atoms with Gasteiger partial charge >= 0.3 is 0 Å². The molecule has 19 heavy (non-hydrogen) atoms. The average molecular weight is 396 g/mol. The summed E-state index contributed by atoms with van der Waals surface area (Å²) in [7, 11) is 2.10. The smallest absolute Gasteiger partial charge is 0.188 e. The van der Waals surface area contributed by atoms with Gasteiger partial charge in [-0.25, -0.2) is 0 Å². The van der Waals surface area contributed by atoms with Crippen LogP contribution in [0.15, 0.2) is 22.5 Å². The van der Waals surface area contributed by atoms with E-state index in [4.69, 9.17) is 5.73 Å². The molecule has 0 unspecified atom stereocenters. The van der Waals surface area contributed by atoms with E-state index < -0.39 is 0 Å². The highest BCUT2D eigenvalue weighted by Crippen LogP contribution is 2.07. The fourth-order valence-electron chi connectivity index (χ4n) is 1.41. The predicted molar refractivity (Wildman–Crippen MR) is 95.7 cm³/mol. The predicted octanol–water partition coefficient (Wildman–Crippen LogP) is 2.15. The first-order valence-corrected chi connectivity index (χ1v) is 7.24. The summed E-state index contributed by atoms with van der Waals surface area (Å²) in [5.41, 5.74) is 5.80. The van der Waals surface area contributed by atoms with Crippen LogP contribution in [0, 0.1) is 0 Å². The van der Waals surface area contributed by atoms with Gasteiger partial charge in [-0.3, -0.25) is 4.99 Å². The molecule has 0 aliphatic heterocycles. The summed E-state index contributed by atoms with van der Waals surface area (Å²) in [4.78, 5) is 7.93. The summed E-state index contributed by atoms with van der Waals surface area (Å²) in [5, 5.41) is 5.23. The van der Waals surface area contributed by atoms with E-state index in [-0.39, 0.29) is 24.0 Å². The van der Waals surface area contributed by atoms with Gasteiger partial charge in [0.15, 0.2) is 5.96 Å². The lowest BCUT2D eigenvalue weighted by atomic mass is 10.3. The normalized spacial score (nSPS) is 11.7. The molecule has 0 atom stereocenters. The number of halogens is 1. The number of nitrogens with one attached hydrogen (secondary N) is 1. The lowest BCUT2D eigenvalue weighted by Crippen LogP contribution is -2.34.